The summed E-state index contributed by atoms with van der Waals surface area (Å²) >= 11 is 0. The van der Waals surface area contributed by atoms with E-state index < -0.39 is 0 Å². The van der Waals surface area contributed by atoms with Crippen molar-refractivity contribution in [1.29, 1.82) is 0 Å². The van der Waals surface area contributed by atoms with Gasteiger partial charge in [-0.25, -0.2) is 0 Å². The SMILES string of the molecule is CN=C(NCCCn1cccn1)NCc1ncc(C)c(OC)c1C.I. The van der Waals surface area contributed by atoms with E-state index in [2.05, 4.69) is 25.7 Å². The molecule has 2 aromatic heterocycles. The van der Waals surface area contributed by atoms with Crippen molar-refractivity contribution >= 4 is 29.9 Å². The van der Waals surface area contributed by atoms with Crippen LogP contribution in [0.4, 0.5) is 0 Å². The van der Waals surface area contributed by atoms with Gasteiger partial charge < -0.3 is 15.4 Å². The molecular weight excluding hydrogens is 431 g/mol. The van der Waals surface area contributed by atoms with Gasteiger partial charge in [-0.1, -0.05) is 0 Å². The lowest BCUT2D eigenvalue weighted by Gasteiger charge is -2.15. The number of pyridine rings is 1. The Morgan fingerprint density at radius 2 is 2.12 bits per heavy atom. The molecule has 25 heavy (non-hydrogen) atoms. The third kappa shape index (κ3) is 6.18. The molecule has 0 bridgehead atoms. The van der Waals surface area contributed by atoms with Crippen LogP contribution >= 0.6 is 24.0 Å². The summed E-state index contributed by atoms with van der Waals surface area (Å²) in [6.45, 7) is 6.32. The number of rotatable bonds is 7. The van der Waals surface area contributed by atoms with Crippen molar-refractivity contribution in [3.8, 4) is 5.75 Å². The third-order valence-corrected chi connectivity index (χ3v) is 3.81. The van der Waals surface area contributed by atoms with Crippen molar-refractivity contribution in [3.63, 3.8) is 0 Å². The molecule has 0 unspecified atom stereocenters. The van der Waals surface area contributed by atoms with Crippen LogP contribution in [0.5, 0.6) is 5.75 Å². The van der Waals surface area contributed by atoms with Crippen LogP contribution in [0.1, 0.15) is 23.2 Å². The van der Waals surface area contributed by atoms with Crippen LogP contribution in [-0.2, 0) is 13.1 Å². The summed E-state index contributed by atoms with van der Waals surface area (Å²) in [6, 6.07) is 1.93. The fourth-order valence-corrected chi connectivity index (χ4v) is 2.52. The first kappa shape index (κ1) is 21.2. The molecule has 0 aliphatic carbocycles. The highest BCUT2D eigenvalue weighted by Crippen LogP contribution is 2.23. The maximum atomic E-state index is 5.44. The van der Waals surface area contributed by atoms with Crippen LogP contribution in [0.15, 0.2) is 29.6 Å². The topological polar surface area (TPSA) is 76.4 Å². The number of methoxy groups -OCH3 is 1. The molecule has 2 heterocycles. The minimum absolute atomic E-state index is 0. The average Bonchev–Trinajstić information content (AvgIpc) is 3.09. The number of hydrogen-bond donors (Lipinski definition) is 2. The molecule has 7 nitrogen and oxygen atoms in total. The van der Waals surface area contributed by atoms with Crippen molar-refractivity contribution < 1.29 is 4.74 Å². The number of hydrogen-bond acceptors (Lipinski definition) is 4. The number of aromatic nitrogens is 3. The van der Waals surface area contributed by atoms with Gasteiger partial charge in [0.2, 0.25) is 0 Å². The van der Waals surface area contributed by atoms with Gasteiger partial charge in [-0.05, 0) is 26.3 Å². The number of aliphatic imine (C=N–C) groups is 1. The molecule has 0 aliphatic heterocycles. The van der Waals surface area contributed by atoms with Crippen molar-refractivity contribution in [2.45, 2.75) is 33.4 Å². The zero-order valence-electron chi connectivity index (χ0n) is 15.2. The van der Waals surface area contributed by atoms with Crippen LogP contribution in [0.2, 0.25) is 0 Å². The molecule has 0 atom stereocenters. The lowest BCUT2D eigenvalue weighted by molar-refractivity contribution is 0.406. The fourth-order valence-electron chi connectivity index (χ4n) is 2.52. The molecule has 0 radical (unpaired) electrons. The smallest absolute Gasteiger partial charge is 0.191 e. The standard InChI is InChI=1S/C17H26N6O.HI/c1-13-11-20-15(14(2)16(13)24-4)12-21-17(18-3)19-7-5-9-23-10-6-8-22-23;/h6,8,10-11H,5,7,9,12H2,1-4H3,(H2,18,19,21);1H. The number of nitrogens with one attached hydrogen (secondary N) is 2. The molecule has 0 aliphatic rings. The predicted molar refractivity (Wildman–Crippen MR) is 111 cm³/mol. The zero-order valence-corrected chi connectivity index (χ0v) is 17.6. The number of nitrogens with zero attached hydrogens (tertiary/aromatic N) is 4. The Morgan fingerprint density at radius 3 is 2.76 bits per heavy atom. The molecule has 0 fully saturated rings. The maximum absolute atomic E-state index is 5.44. The predicted octanol–water partition coefficient (Wildman–Crippen LogP) is 2.28. The van der Waals surface area contributed by atoms with Crippen molar-refractivity contribution in [2.75, 3.05) is 20.7 Å². The highest BCUT2D eigenvalue weighted by Gasteiger charge is 2.09. The molecular formula is C17H27IN6O. The van der Waals surface area contributed by atoms with Gasteiger partial charge in [0.05, 0.1) is 19.3 Å². The Hall–Kier alpha value is -1.84. The Balaban J connectivity index is 0.00000312. The molecule has 0 saturated carbocycles. The zero-order chi connectivity index (χ0) is 17.4. The van der Waals surface area contributed by atoms with Crippen LogP contribution < -0.4 is 15.4 Å². The van der Waals surface area contributed by atoms with Gasteiger partial charge >= 0.3 is 0 Å². The number of aryl methyl sites for hydroxylation is 2. The summed E-state index contributed by atoms with van der Waals surface area (Å²) in [5.41, 5.74) is 3.05. The van der Waals surface area contributed by atoms with Gasteiger partial charge in [0.1, 0.15) is 5.75 Å². The monoisotopic (exact) mass is 458 g/mol. The van der Waals surface area contributed by atoms with Gasteiger partial charge in [0.15, 0.2) is 5.96 Å². The van der Waals surface area contributed by atoms with E-state index in [-0.39, 0.29) is 24.0 Å². The van der Waals surface area contributed by atoms with Crippen molar-refractivity contribution in [1.82, 2.24) is 25.4 Å². The van der Waals surface area contributed by atoms with Crippen molar-refractivity contribution in [3.05, 3.63) is 41.5 Å². The van der Waals surface area contributed by atoms with E-state index in [1.807, 2.05) is 37.0 Å². The second-order valence-corrected chi connectivity index (χ2v) is 5.52. The number of guanidine groups is 1. The van der Waals surface area contributed by atoms with E-state index in [1.165, 1.54) is 0 Å². The minimum Gasteiger partial charge on any atom is -0.496 e. The second-order valence-electron chi connectivity index (χ2n) is 5.52. The molecule has 0 amide bonds. The van der Waals surface area contributed by atoms with E-state index in [9.17, 15) is 0 Å². The molecule has 8 heteroatoms. The molecule has 2 N–H and O–H groups in total. The summed E-state index contributed by atoms with van der Waals surface area (Å²) < 4.78 is 7.36. The third-order valence-electron chi connectivity index (χ3n) is 3.81. The first-order chi connectivity index (χ1) is 11.7. The van der Waals surface area contributed by atoms with Crippen LogP contribution in [0, 0.1) is 13.8 Å². The van der Waals surface area contributed by atoms with E-state index in [0.29, 0.717) is 6.54 Å². The van der Waals surface area contributed by atoms with Gasteiger partial charge in [-0.3, -0.25) is 14.7 Å². The van der Waals surface area contributed by atoms with Gasteiger partial charge in [-0.2, -0.15) is 5.10 Å². The van der Waals surface area contributed by atoms with E-state index >= 15 is 0 Å². The normalized spacial score (nSPS) is 11.0. The first-order valence-corrected chi connectivity index (χ1v) is 8.06. The Morgan fingerprint density at radius 1 is 1.32 bits per heavy atom. The van der Waals surface area contributed by atoms with E-state index in [4.69, 9.17) is 4.74 Å². The molecule has 2 aromatic rings. The molecule has 2 rings (SSSR count). The quantitative estimate of drug-likeness (QED) is 0.288. The number of ether oxygens (including phenoxy) is 1. The summed E-state index contributed by atoms with van der Waals surface area (Å²) in [5.74, 6) is 1.65. The summed E-state index contributed by atoms with van der Waals surface area (Å²) in [6.07, 6.45) is 6.56. The second kappa shape index (κ2) is 10.9. The van der Waals surface area contributed by atoms with Gasteiger partial charge in [0, 0.05) is 49.9 Å². The van der Waals surface area contributed by atoms with Crippen LogP contribution in [0.3, 0.4) is 0 Å². The Bertz CT molecular complexity index is 672. The maximum Gasteiger partial charge on any atom is 0.191 e. The fraction of sp³-hybridized carbons (Fsp3) is 0.471. The highest BCUT2D eigenvalue weighted by atomic mass is 127. The average molecular weight is 458 g/mol. The Labute approximate surface area is 166 Å². The summed E-state index contributed by atoms with van der Waals surface area (Å²) in [4.78, 5) is 8.73. The van der Waals surface area contributed by atoms with Crippen molar-refractivity contribution in [2.24, 2.45) is 4.99 Å². The summed E-state index contributed by atoms with van der Waals surface area (Å²) in [5, 5.41) is 10.8. The molecule has 0 saturated heterocycles. The molecule has 0 spiro atoms. The van der Waals surface area contributed by atoms with E-state index in [0.717, 1.165) is 48.0 Å². The first-order valence-electron chi connectivity index (χ1n) is 8.06. The minimum atomic E-state index is 0. The van der Waals surface area contributed by atoms with Crippen LogP contribution in [-0.4, -0.2) is 41.4 Å². The van der Waals surface area contributed by atoms with E-state index in [1.54, 1.807) is 20.4 Å². The largest absolute Gasteiger partial charge is 0.496 e. The molecule has 138 valence electrons. The van der Waals surface area contributed by atoms with Crippen LogP contribution in [0.25, 0.3) is 0 Å². The van der Waals surface area contributed by atoms with Gasteiger partial charge in [0.25, 0.3) is 0 Å². The lowest BCUT2D eigenvalue weighted by Crippen LogP contribution is -2.37. The highest BCUT2D eigenvalue weighted by molar-refractivity contribution is 14.0. The lowest BCUT2D eigenvalue weighted by atomic mass is 10.1. The number of halogens is 1. The molecule has 0 aromatic carbocycles. The van der Waals surface area contributed by atoms with Gasteiger partial charge in [-0.15, -0.1) is 24.0 Å². The Kier molecular flexibility index (Phi) is 9.25. The summed E-state index contributed by atoms with van der Waals surface area (Å²) in [7, 11) is 3.45.